The smallest absolute Gasteiger partial charge is 0.360 e. The Labute approximate surface area is 251 Å². The van der Waals surface area contributed by atoms with E-state index in [0.717, 1.165) is 28.0 Å². The number of hydrogen-bond donors (Lipinski definition) is 2. The van der Waals surface area contributed by atoms with Crippen LogP contribution in [0.3, 0.4) is 0 Å². The molecule has 3 aromatic carbocycles. The quantitative estimate of drug-likeness (QED) is 0.0347. The van der Waals surface area contributed by atoms with Gasteiger partial charge in [-0.3, -0.25) is 4.79 Å². The van der Waals surface area contributed by atoms with Gasteiger partial charge in [0, 0.05) is 0 Å². The number of nitrogens with one attached hydrogen (secondary N) is 1. The number of hydrogen-bond acceptors (Lipinski definition) is 9. The summed E-state index contributed by atoms with van der Waals surface area (Å²) in [7, 11) is 0. The largest absolute Gasteiger partial charge is 0.476 e. The van der Waals surface area contributed by atoms with Gasteiger partial charge in [0.05, 0.1) is 6.20 Å². The van der Waals surface area contributed by atoms with Crippen molar-refractivity contribution in [2.24, 2.45) is 5.16 Å². The molecular formula is C28H21BrN6O4S2. The predicted molar refractivity (Wildman–Crippen MR) is 160 cm³/mol. The molecule has 0 aliphatic rings. The molecule has 0 saturated heterocycles. The molecule has 0 atom stereocenters. The van der Waals surface area contributed by atoms with Crippen LogP contribution in [0, 0.1) is 0 Å². The van der Waals surface area contributed by atoms with Crippen LogP contribution in [0.5, 0.6) is 0 Å². The zero-order valence-electron chi connectivity index (χ0n) is 21.1. The molecule has 2 aromatic heterocycles. The number of benzene rings is 3. The molecule has 0 bridgehead atoms. The highest BCUT2D eigenvalue weighted by atomic mass is 79.9. The Hall–Kier alpha value is -4.33. The molecule has 0 spiro atoms. The van der Waals surface area contributed by atoms with Crippen LogP contribution in [0.2, 0.25) is 0 Å². The Morgan fingerprint density at radius 2 is 1.59 bits per heavy atom. The zero-order valence-corrected chi connectivity index (χ0v) is 24.3. The summed E-state index contributed by atoms with van der Waals surface area (Å²) in [6.45, 7) is 0. The van der Waals surface area contributed by atoms with Crippen LogP contribution in [0.15, 0.2) is 111 Å². The molecule has 2 N–H and O–H groups in total. The number of carbonyl (C=O) groups excluding carboxylic acids is 1. The van der Waals surface area contributed by atoms with Gasteiger partial charge in [0.15, 0.2) is 11.1 Å². The molecule has 13 heteroatoms. The molecule has 1 amide bonds. The van der Waals surface area contributed by atoms with Gasteiger partial charge in [-0.05, 0) is 32.6 Å². The third-order valence-electron chi connectivity index (χ3n) is 6.02. The number of thioether (sulfide) groups is 1. The summed E-state index contributed by atoms with van der Waals surface area (Å²) < 4.78 is 2.23. The maximum Gasteiger partial charge on any atom is 0.360 e. The van der Waals surface area contributed by atoms with Gasteiger partial charge >= 0.3 is 5.97 Å². The summed E-state index contributed by atoms with van der Waals surface area (Å²) >= 11 is 5.59. The molecule has 0 aliphatic heterocycles. The van der Waals surface area contributed by atoms with E-state index in [1.807, 2.05) is 59.3 Å². The van der Waals surface area contributed by atoms with E-state index in [1.54, 1.807) is 6.20 Å². The zero-order chi connectivity index (χ0) is 28.7. The summed E-state index contributed by atoms with van der Waals surface area (Å²) in [6.07, 6.45) is 2.09. The average molecular weight is 650 g/mol. The average Bonchev–Trinajstić information content (AvgIpc) is 3.61. The number of oxime groups is 1. The minimum Gasteiger partial charge on any atom is -0.476 e. The Bertz CT molecular complexity index is 1570. The first-order valence-electron chi connectivity index (χ1n) is 12.1. The normalized spacial score (nSPS) is 11.7. The fourth-order valence-electron chi connectivity index (χ4n) is 4.38. The number of amides is 1. The fourth-order valence-corrected chi connectivity index (χ4v) is 6.41. The first-order chi connectivity index (χ1) is 20.1. The number of carboxylic acid groups (broad SMARTS) is 1. The second-order valence-corrected chi connectivity index (χ2v) is 11.6. The number of anilines is 1. The molecule has 5 aromatic rings. The summed E-state index contributed by atoms with van der Waals surface area (Å²) in [6, 6.07) is 30.1. The highest BCUT2D eigenvalue weighted by Crippen LogP contribution is 2.42. The Morgan fingerprint density at radius 3 is 2.10 bits per heavy atom. The monoisotopic (exact) mass is 648 g/mol. The number of aliphatic carboxylic acids is 1. The first-order valence-corrected chi connectivity index (χ1v) is 14.7. The van der Waals surface area contributed by atoms with Crippen molar-refractivity contribution in [2.75, 3.05) is 11.3 Å². The number of halogens is 1. The molecule has 206 valence electrons. The van der Waals surface area contributed by atoms with Gasteiger partial charge in [-0.2, -0.15) is 0 Å². The SMILES string of the molecule is O=CNc1nc(C(=NOCSc2cnnn2C(c2ccccc2)(c2ccccc2)c2ccccc2)C(=O)O)c(Br)s1. The van der Waals surface area contributed by atoms with Crippen molar-refractivity contribution in [1.82, 2.24) is 20.0 Å². The fraction of sp³-hybridized carbons (Fsp3) is 0.0714. The van der Waals surface area contributed by atoms with E-state index in [9.17, 15) is 14.7 Å². The maximum atomic E-state index is 11.9. The Morgan fingerprint density at radius 1 is 1.02 bits per heavy atom. The topological polar surface area (TPSA) is 132 Å². The summed E-state index contributed by atoms with van der Waals surface area (Å²) in [4.78, 5) is 32.2. The molecule has 0 aliphatic carbocycles. The number of rotatable bonds is 12. The first kappa shape index (κ1) is 28.2. The Kier molecular flexibility index (Phi) is 8.87. The van der Waals surface area contributed by atoms with E-state index >= 15 is 0 Å². The molecule has 0 radical (unpaired) electrons. The lowest BCUT2D eigenvalue weighted by Gasteiger charge is -2.36. The minimum atomic E-state index is -1.33. The summed E-state index contributed by atoms with van der Waals surface area (Å²) in [5, 5.41) is 25.6. The van der Waals surface area contributed by atoms with Gasteiger partial charge < -0.3 is 15.3 Å². The summed E-state index contributed by atoms with van der Waals surface area (Å²) in [5.74, 6) is -1.37. The lowest BCUT2D eigenvalue weighted by atomic mass is 9.77. The van der Waals surface area contributed by atoms with Crippen molar-refractivity contribution < 1.29 is 19.5 Å². The van der Waals surface area contributed by atoms with Gasteiger partial charge in [0.1, 0.15) is 20.0 Å². The van der Waals surface area contributed by atoms with Crippen LogP contribution in [-0.4, -0.2) is 49.1 Å². The van der Waals surface area contributed by atoms with Gasteiger partial charge in [-0.25, -0.2) is 14.5 Å². The van der Waals surface area contributed by atoms with Crippen LogP contribution in [0.25, 0.3) is 0 Å². The van der Waals surface area contributed by atoms with Crippen molar-refractivity contribution >= 4 is 62.3 Å². The lowest BCUT2D eigenvalue weighted by Crippen LogP contribution is -2.39. The van der Waals surface area contributed by atoms with Crippen molar-refractivity contribution in [1.29, 1.82) is 0 Å². The summed E-state index contributed by atoms with van der Waals surface area (Å²) in [5.41, 5.74) is 1.69. The second-order valence-electron chi connectivity index (χ2n) is 8.33. The number of carboxylic acids is 1. The van der Waals surface area contributed by atoms with Gasteiger partial charge in [-0.1, -0.05) is 124 Å². The molecule has 0 saturated carbocycles. The van der Waals surface area contributed by atoms with Crippen molar-refractivity contribution in [3.05, 3.63) is 123 Å². The van der Waals surface area contributed by atoms with Crippen molar-refractivity contribution in [3.63, 3.8) is 0 Å². The van der Waals surface area contributed by atoms with Gasteiger partial charge in [-0.15, -0.1) is 5.10 Å². The van der Waals surface area contributed by atoms with Gasteiger partial charge in [0.25, 0.3) is 0 Å². The molecule has 10 nitrogen and oxygen atoms in total. The number of carbonyl (C=O) groups is 2. The highest BCUT2D eigenvalue weighted by molar-refractivity contribution is 9.11. The second kappa shape index (κ2) is 12.9. The van der Waals surface area contributed by atoms with Crippen LogP contribution < -0.4 is 5.32 Å². The molecule has 41 heavy (non-hydrogen) atoms. The highest BCUT2D eigenvalue weighted by Gasteiger charge is 2.41. The van der Waals surface area contributed by atoms with E-state index < -0.39 is 17.2 Å². The molecule has 2 heterocycles. The third kappa shape index (κ3) is 5.78. The number of thiazole rings is 1. The van der Waals surface area contributed by atoms with Gasteiger partial charge in [0.2, 0.25) is 12.1 Å². The van der Waals surface area contributed by atoms with E-state index in [4.69, 9.17) is 4.84 Å². The maximum absolute atomic E-state index is 11.9. The Balaban J connectivity index is 1.51. The van der Waals surface area contributed by atoms with E-state index in [0.29, 0.717) is 15.2 Å². The number of nitrogens with zero attached hydrogens (tertiary/aromatic N) is 5. The van der Waals surface area contributed by atoms with E-state index in [1.165, 1.54) is 11.8 Å². The van der Waals surface area contributed by atoms with Crippen LogP contribution in [0.4, 0.5) is 5.13 Å². The van der Waals surface area contributed by atoms with Crippen LogP contribution in [0.1, 0.15) is 22.4 Å². The molecule has 0 fully saturated rings. The van der Waals surface area contributed by atoms with Crippen molar-refractivity contribution in [2.45, 2.75) is 10.6 Å². The predicted octanol–water partition coefficient (Wildman–Crippen LogP) is 5.46. The lowest BCUT2D eigenvalue weighted by molar-refractivity contribution is -0.129. The molecule has 0 unspecified atom stereocenters. The molecule has 5 rings (SSSR count). The van der Waals surface area contributed by atoms with Crippen molar-refractivity contribution in [3.8, 4) is 0 Å². The van der Waals surface area contributed by atoms with Crippen LogP contribution >= 0.6 is 39.0 Å². The standard InChI is InChI=1S/C28H21BrN6O4S2/c29-25-23(32-27(41-25)30-17-36)24(26(37)38)33-39-18-40-22-16-31-34-35(22)28(19-10-4-1-5-11-19,20-12-6-2-7-13-20)21-14-8-3-9-15-21/h1-17H,18H2,(H,37,38)(H,30,32,36). The van der Waals surface area contributed by atoms with E-state index in [-0.39, 0.29) is 16.8 Å². The molecular weight excluding hydrogens is 628 g/mol. The number of aromatic nitrogens is 4. The van der Waals surface area contributed by atoms with Crippen LogP contribution in [-0.2, 0) is 20.0 Å². The minimum absolute atomic E-state index is 0.0415. The third-order valence-corrected chi connectivity index (χ3v) is 8.45. The van der Waals surface area contributed by atoms with E-state index in [2.05, 4.69) is 78.1 Å².